The lowest BCUT2D eigenvalue weighted by atomic mass is 10.2. The molecule has 1 aromatic heterocycles. The first kappa shape index (κ1) is 17.4. The molecule has 132 valence electrons. The summed E-state index contributed by atoms with van der Waals surface area (Å²) in [5, 5.41) is 2.94. The maximum absolute atomic E-state index is 13.0. The van der Waals surface area contributed by atoms with Gasteiger partial charge in [-0.05, 0) is 42.0 Å². The molecule has 0 atom stereocenters. The van der Waals surface area contributed by atoms with Crippen LogP contribution in [0.2, 0.25) is 0 Å². The van der Waals surface area contributed by atoms with Gasteiger partial charge in [0, 0.05) is 63.8 Å². The van der Waals surface area contributed by atoms with Gasteiger partial charge in [-0.2, -0.15) is 0 Å². The Hall–Kier alpha value is -2.47. The van der Waals surface area contributed by atoms with E-state index in [1.165, 1.54) is 12.1 Å². The first-order chi connectivity index (χ1) is 12.2. The van der Waals surface area contributed by atoms with E-state index in [9.17, 15) is 9.18 Å². The number of piperazine rings is 1. The number of amides is 1. The van der Waals surface area contributed by atoms with Crippen molar-refractivity contribution in [1.29, 1.82) is 0 Å². The smallest absolute Gasteiger partial charge is 0.221 e. The fourth-order valence-corrected chi connectivity index (χ4v) is 2.93. The molecule has 1 N–H and O–H groups in total. The van der Waals surface area contributed by atoms with Gasteiger partial charge in [0.1, 0.15) is 5.82 Å². The molecule has 0 saturated carbocycles. The molecule has 0 unspecified atom stereocenters. The molecule has 1 saturated heterocycles. The Bertz CT molecular complexity index is 670. The van der Waals surface area contributed by atoms with Gasteiger partial charge in [-0.3, -0.25) is 14.7 Å². The molecule has 6 heteroatoms. The first-order valence-electron chi connectivity index (χ1n) is 8.59. The second-order valence-corrected chi connectivity index (χ2v) is 6.19. The Morgan fingerprint density at radius 1 is 1.04 bits per heavy atom. The van der Waals surface area contributed by atoms with E-state index in [1.807, 2.05) is 24.3 Å². The van der Waals surface area contributed by atoms with E-state index in [1.54, 1.807) is 12.4 Å². The third kappa shape index (κ3) is 5.26. The van der Waals surface area contributed by atoms with E-state index < -0.39 is 0 Å². The van der Waals surface area contributed by atoms with Gasteiger partial charge >= 0.3 is 0 Å². The second kappa shape index (κ2) is 8.58. The van der Waals surface area contributed by atoms with E-state index in [0.29, 0.717) is 13.0 Å². The molecule has 0 spiro atoms. The number of benzene rings is 1. The fraction of sp³-hybridized carbons (Fsp3) is 0.368. The van der Waals surface area contributed by atoms with Crippen LogP contribution in [0.4, 0.5) is 10.1 Å². The standard InChI is InChI=1S/C19H23FN4O/c20-17-1-3-18(4-2-17)24-13-11-23(12-14-24)10-7-19(25)22-15-16-5-8-21-9-6-16/h1-6,8-9H,7,10-15H2,(H,22,25). The van der Waals surface area contributed by atoms with Crippen molar-refractivity contribution in [2.24, 2.45) is 0 Å². The maximum atomic E-state index is 13.0. The number of hydrogen-bond acceptors (Lipinski definition) is 4. The van der Waals surface area contributed by atoms with Gasteiger partial charge in [0.15, 0.2) is 0 Å². The Balaban J connectivity index is 1.36. The molecular weight excluding hydrogens is 319 g/mol. The van der Waals surface area contributed by atoms with Crippen LogP contribution in [0.1, 0.15) is 12.0 Å². The summed E-state index contributed by atoms with van der Waals surface area (Å²) in [6.07, 6.45) is 3.95. The van der Waals surface area contributed by atoms with Crippen LogP contribution in [0.15, 0.2) is 48.8 Å². The molecule has 0 bridgehead atoms. The molecule has 5 nitrogen and oxygen atoms in total. The number of rotatable bonds is 6. The van der Waals surface area contributed by atoms with Crippen molar-refractivity contribution in [2.45, 2.75) is 13.0 Å². The highest BCUT2D eigenvalue weighted by Crippen LogP contribution is 2.16. The van der Waals surface area contributed by atoms with Crippen molar-refractivity contribution in [3.63, 3.8) is 0 Å². The molecule has 1 fully saturated rings. The third-order valence-electron chi connectivity index (χ3n) is 4.46. The van der Waals surface area contributed by atoms with Crippen molar-refractivity contribution in [3.8, 4) is 0 Å². The quantitative estimate of drug-likeness (QED) is 0.873. The van der Waals surface area contributed by atoms with Crippen molar-refractivity contribution < 1.29 is 9.18 Å². The number of carbonyl (C=O) groups is 1. The molecule has 25 heavy (non-hydrogen) atoms. The maximum Gasteiger partial charge on any atom is 0.221 e. The molecule has 1 aliphatic rings. The molecule has 2 aromatic rings. The number of aromatic nitrogens is 1. The average molecular weight is 342 g/mol. The van der Waals surface area contributed by atoms with E-state index in [0.717, 1.165) is 44.0 Å². The number of anilines is 1. The van der Waals surface area contributed by atoms with Gasteiger partial charge in [0.25, 0.3) is 0 Å². The number of carbonyl (C=O) groups excluding carboxylic acids is 1. The van der Waals surface area contributed by atoms with Crippen LogP contribution in [0.3, 0.4) is 0 Å². The lowest BCUT2D eigenvalue weighted by Crippen LogP contribution is -2.47. The van der Waals surface area contributed by atoms with Crippen molar-refractivity contribution in [3.05, 3.63) is 60.2 Å². The van der Waals surface area contributed by atoms with Crippen LogP contribution in [-0.2, 0) is 11.3 Å². The van der Waals surface area contributed by atoms with Crippen molar-refractivity contribution in [1.82, 2.24) is 15.2 Å². The largest absolute Gasteiger partial charge is 0.369 e. The Labute approximate surface area is 147 Å². The highest BCUT2D eigenvalue weighted by Gasteiger charge is 2.17. The Morgan fingerprint density at radius 3 is 2.40 bits per heavy atom. The zero-order valence-corrected chi connectivity index (χ0v) is 14.2. The van der Waals surface area contributed by atoms with Crippen molar-refractivity contribution >= 4 is 11.6 Å². The minimum absolute atomic E-state index is 0.0674. The molecule has 1 aromatic carbocycles. The summed E-state index contributed by atoms with van der Waals surface area (Å²) in [6.45, 7) is 4.91. The zero-order chi connectivity index (χ0) is 17.5. The number of nitrogens with zero attached hydrogens (tertiary/aromatic N) is 3. The summed E-state index contributed by atoms with van der Waals surface area (Å²) in [5.41, 5.74) is 2.10. The molecule has 0 aliphatic carbocycles. The topological polar surface area (TPSA) is 48.5 Å². The molecule has 3 rings (SSSR count). The molecule has 2 heterocycles. The minimum atomic E-state index is -0.208. The number of nitrogens with one attached hydrogen (secondary N) is 1. The number of hydrogen-bond donors (Lipinski definition) is 1. The van der Waals surface area contributed by atoms with Crippen LogP contribution in [0.25, 0.3) is 0 Å². The summed E-state index contributed by atoms with van der Waals surface area (Å²) in [7, 11) is 0. The molecule has 0 radical (unpaired) electrons. The summed E-state index contributed by atoms with van der Waals surface area (Å²) in [6, 6.07) is 10.4. The predicted octanol–water partition coefficient (Wildman–Crippen LogP) is 2.05. The van der Waals surface area contributed by atoms with E-state index in [-0.39, 0.29) is 11.7 Å². The lowest BCUT2D eigenvalue weighted by molar-refractivity contribution is -0.121. The summed E-state index contributed by atoms with van der Waals surface area (Å²) in [5.74, 6) is -0.141. The highest BCUT2D eigenvalue weighted by atomic mass is 19.1. The van der Waals surface area contributed by atoms with Gasteiger partial charge in [-0.15, -0.1) is 0 Å². The van der Waals surface area contributed by atoms with Gasteiger partial charge in [0.2, 0.25) is 5.91 Å². The lowest BCUT2D eigenvalue weighted by Gasteiger charge is -2.36. The molecule has 1 aliphatic heterocycles. The molecular formula is C19H23FN4O. The van der Waals surface area contributed by atoms with E-state index in [2.05, 4.69) is 20.1 Å². The van der Waals surface area contributed by atoms with Crippen LogP contribution >= 0.6 is 0 Å². The number of halogens is 1. The zero-order valence-electron chi connectivity index (χ0n) is 14.2. The van der Waals surface area contributed by atoms with Crippen LogP contribution in [0.5, 0.6) is 0 Å². The number of pyridine rings is 1. The fourth-order valence-electron chi connectivity index (χ4n) is 2.93. The second-order valence-electron chi connectivity index (χ2n) is 6.19. The SMILES string of the molecule is O=C(CCN1CCN(c2ccc(F)cc2)CC1)NCc1ccncc1. The van der Waals surface area contributed by atoms with E-state index >= 15 is 0 Å². The average Bonchev–Trinajstić information content (AvgIpc) is 2.67. The summed E-state index contributed by atoms with van der Waals surface area (Å²) < 4.78 is 13.0. The van der Waals surface area contributed by atoms with Crippen LogP contribution in [-0.4, -0.2) is 48.5 Å². The first-order valence-corrected chi connectivity index (χ1v) is 8.59. The monoisotopic (exact) mass is 342 g/mol. The van der Waals surface area contributed by atoms with Gasteiger partial charge in [-0.25, -0.2) is 4.39 Å². The highest BCUT2D eigenvalue weighted by molar-refractivity contribution is 5.76. The normalized spacial score (nSPS) is 15.2. The summed E-state index contributed by atoms with van der Waals surface area (Å²) >= 11 is 0. The van der Waals surface area contributed by atoms with Gasteiger partial charge in [0.05, 0.1) is 0 Å². The van der Waals surface area contributed by atoms with Crippen LogP contribution in [0, 0.1) is 5.82 Å². The Morgan fingerprint density at radius 2 is 1.72 bits per heavy atom. The van der Waals surface area contributed by atoms with Gasteiger partial charge < -0.3 is 10.2 Å². The summed E-state index contributed by atoms with van der Waals surface area (Å²) in [4.78, 5) is 20.5. The van der Waals surface area contributed by atoms with Crippen molar-refractivity contribution in [2.75, 3.05) is 37.6 Å². The molecule has 1 amide bonds. The predicted molar refractivity (Wildman–Crippen MR) is 95.8 cm³/mol. The Kier molecular flexibility index (Phi) is 5.95. The minimum Gasteiger partial charge on any atom is -0.369 e. The van der Waals surface area contributed by atoms with Crippen LogP contribution < -0.4 is 10.2 Å². The third-order valence-corrected chi connectivity index (χ3v) is 4.46. The van der Waals surface area contributed by atoms with E-state index in [4.69, 9.17) is 0 Å². The van der Waals surface area contributed by atoms with Gasteiger partial charge in [-0.1, -0.05) is 0 Å².